The molecule has 0 heterocycles. The Morgan fingerprint density at radius 3 is 1.44 bits per heavy atom. The Bertz CT molecular complexity index is 1500. The third kappa shape index (κ3) is 16.9. The topological polar surface area (TPSA) is 252 Å². The zero-order chi connectivity index (χ0) is 36.1. The largest absolute Gasteiger partial charge is 1.00 e. The maximum absolute atomic E-state index is 11.9. The van der Waals surface area contributed by atoms with Crippen molar-refractivity contribution in [1.82, 2.24) is 5.32 Å². The number of hydrogen-bond donors (Lipinski definition) is 4. The molecular formula is C31H40ClN3O13. The lowest BCUT2D eigenvalue weighted by Crippen LogP contribution is -3.00. The van der Waals surface area contributed by atoms with E-state index in [1.807, 2.05) is 0 Å². The van der Waals surface area contributed by atoms with Gasteiger partial charge in [0.1, 0.15) is 11.6 Å². The van der Waals surface area contributed by atoms with Crippen LogP contribution in [-0.4, -0.2) is 64.6 Å². The average molecular weight is 698 g/mol. The van der Waals surface area contributed by atoms with E-state index in [0.29, 0.717) is 11.1 Å². The number of alkyl carbamates (subject to hydrolysis) is 1. The second-order valence-corrected chi connectivity index (χ2v) is 11.0. The van der Waals surface area contributed by atoms with E-state index in [1.165, 1.54) is 52.0 Å². The van der Waals surface area contributed by atoms with Crippen molar-refractivity contribution in [2.75, 3.05) is 0 Å². The average Bonchev–Trinajstić information content (AvgIpc) is 2.89. The van der Waals surface area contributed by atoms with Crippen molar-refractivity contribution < 1.29 is 80.5 Å². The molecule has 0 saturated carbocycles. The normalized spacial score (nSPS) is 11.5. The first kappa shape index (κ1) is 42.8. The van der Waals surface area contributed by atoms with Gasteiger partial charge in [-0.3, -0.25) is 24.0 Å². The molecule has 2 aromatic carbocycles. The predicted molar refractivity (Wildman–Crippen MR) is 162 cm³/mol. The number of esters is 4. The number of benzene rings is 2. The van der Waals surface area contributed by atoms with Crippen LogP contribution >= 0.6 is 0 Å². The van der Waals surface area contributed by atoms with E-state index in [1.54, 1.807) is 32.9 Å². The fraction of sp³-hybridized carbons (Fsp3) is 0.387. The number of quaternary nitrogens is 1. The van der Waals surface area contributed by atoms with Crippen LogP contribution in [-0.2, 0) is 46.3 Å². The lowest BCUT2D eigenvalue weighted by atomic mass is 10.0. The van der Waals surface area contributed by atoms with Gasteiger partial charge in [-0.05, 0) is 56.2 Å². The number of carboxylic acid groups (broad SMARTS) is 1. The lowest BCUT2D eigenvalue weighted by molar-refractivity contribution is -0.407. The van der Waals surface area contributed by atoms with Crippen molar-refractivity contribution in [3.63, 3.8) is 0 Å². The molecule has 0 spiro atoms. The van der Waals surface area contributed by atoms with Crippen LogP contribution in [0.1, 0.15) is 59.6 Å². The molecule has 0 aliphatic heterocycles. The van der Waals surface area contributed by atoms with E-state index in [0.717, 1.165) is 0 Å². The number of nitrogens with one attached hydrogen (secondary N) is 1. The van der Waals surface area contributed by atoms with E-state index in [-0.39, 0.29) is 48.2 Å². The fourth-order valence-corrected chi connectivity index (χ4v) is 3.59. The second kappa shape index (κ2) is 19.4. The molecule has 2 aromatic rings. The number of hydrogen-bond acceptors (Lipinski definition) is 12. The number of carbonyl (C=O) groups is 7. The summed E-state index contributed by atoms with van der Waals surface area (Å²) in [6.45, 7) is 9.90. The van der Waals surface area contributed by atoms with Gasteiger partial charge >= 0.3 is 35.9 Å². The van der Waals surface area contributed by atoms with Crippen LogP contribution in [0.3, 0.4) is 0 Å². The third-order valence-corrected chi connectivity index (χ3v) is 5.34. The molecule has 0 aliphatic carbocycles. The molecule has 0 aliphatic rings. The van der Waals surface area contributed by atoms with Gasteiger partial charge in [-0.25, -0.2) is 9.59 Å². The molecular weight excluding hydrogens is 658 g/mol. The molecule has 7 N–H and O–H groups in total. The Balaban J connectivity index is 0.000000940. The van der Waals surface area contributed by atoms with E-state index < -0.39 is 59.5 Å². The summed E-state index contributed by atoms with van der Waals surface area (Å²) in [5, 5.41) is 11.2. The lowest BCUT2D eigenvalue weighted by Gasteiger charge is -2.22. The number of primary amides is 1. The maximum atomic E-state index is 11.9. The van der Waals surface area contributed by atoms with Crippen LogP contribution < -0.4 is 48.1 Å². The Labute approximate surface area is 282 Å². The smallest absolute Gasteiger partial charge is 0.408 e. The zero-order valence-electron chi connectivity index (χ0n) is 27.5. The van der Waals surface area contributed by atoms with Crippen molar-refractivity contribution in [2.24, 2.45) is 5.73 Å². The highest BCUT2D eigenvalue weighted by atomic mass is 35.5. The van der Waals surface area contributed by atoms with Crippen LogP contribution in [0.15, 0.2) is 36.4 Å². The van der Waals surface area contributed by atoms with Crippen LogP contribution in [0.2, 0.25) is 0 Å². The summed E-state index contributed by atoms with van der Waals surface area (Å²) in [6, 6.07) is 7.02. The molecule has 2 amide bonds. The number of halogens is 1. The van der Waals surface area contributed by atoms with Gasteiger partial charge < -0.3 is 58.0 Å². The number of carbonyl (C=O) groups excluding carboxylic acids is 6. The summed E-state index contributed by atoms with van der Waals surface area (Å²) in [5.41, 5.74) is 9.24. The number of aliphatic carboxylic acids is 1. The van der Waals surface area contributed by atoms with Gasteiger partial charge in [0.25, 0.3) is 0 Å². The van der Waals surface area contributed by atoms with E-state index in [9.17, 15) is 33.6 Å². The van der Waals surface area contributed by atoms with Crippen molar-refractivity contribution >= 4 is 41.8 Å². The minimum absolute atomic E-state index is 0. The molecule has 48 heavy (non-hydrogen) atoms. The van der Waals surface area contributed by atoms with Gasteiger partial charge in [-0.1, -0.05) is 12.1 Å². The summed E-state index contributed by atoms with van der Waals surface area (Å²) >= 11 is 0. The highest BCUT2D eigenvalue weighted by Crippen LogP contribution is 2.30. The molecule has 0 bridgehead atoms. The standard InChI is InChI=1S/C18H24N2O7.C13H15NO6.ClH/c1-10(21)25-14-7-6-12(9-15(14)26-11(2)22)8-13(16(19)23)20-17(24)27-18(3,4)5;1-7(15)19-11-4-3-9(5-10(14)13(17)18)6-12(11)20-8(2)16;/h6-7,9,13H,8H2,1-5H3,(H2,19,23)(H,20,24);3-4,6,10H,5,14H2,1-2H3,(H,17,18);1H/t13-;10-;/m00./s1. The summed E-state index contributed by atoms with van der Waals surface area (Å²) in [7, 11) is 0. The first-order valence-electron chi connectivity index (χ1n) is 14.0. The number of ether oxygens (including phenoxy) is 5. The number of carboxylic acids is 1. The number of nitrogens with two attached hydrogens (primary N) is 1. The maximum Gasteiger partial charge on any atom is 0.408 e. The minimum Gasteiger partial charge on any atom is -1.00 e. The molecule has 0 fully saturated rings. The summed E-state index contributed by atoms with van der Waals surface area (Å²) in [4.78, 5) is 78.7. The Kier molecular flexibility index (Phi) is 17.3. The van der Waals surface area contributed by atoms with Crippen LogP contribution in [0.4, 0.5) is 4.79 Å². The first-order chi connectivity index (χ1) is 21.7. The van der Waals surface area contributed by atoms with Crippen LogP contribution in [0.25, 0.3) is 0 Å². The highest BCUT2D eigenvalue weighted by Gasteiger charge is 2.24. The van der Waals surface area contributed by atoms with Crippen molar-refractivity contribution in [3.05, 3.63) is 47.5 Å². The molecule has 0 aromatic heterocycles. The molecule has 0 radical (unpaired) electrons. The number of amides is 2. The molecule has 0 saturated heterocycles. The van der Waals surface area contributed by atoms with Crippen molar-refractivity contribution in [1.29, 1.82) is 0 Å². The van der Waals surface area contributed by atoms with E-state index >= 15 is 0 Å². The molecule has 264 valence electrons. The summed E-state index contributed by atoms with van der Waals surface area (Å²) in [5.74, 6) is -3.87. The first-order valence-corrected chi connectivity index (χ1v) is 14.0. The SMILES string of the molecule is CC(=O)Oc1ccc(C[C@H](NC(=O)OC(C)(C)C)C(N)=O)cc1OC(C)=O.CC(=O)Oc1ccc(C[C@H]([NH3+])C(=O)O)cc1OC(C)=O.[Cl-]. The van der Waals surface area contributed by atoms with Gasteiger partial charge in [-0.2, -0.15) is 0 Å². The summed E-state index contributed by atoms with van der Waals surface area (Å²) < 4.78 is 25.0. The van der Waals surface area contributed by atoms with E-state index in [4.69, 9.17) is 34.5 Å². The highest BCUT2D eigenvalue weighted by molar-refractivity contribution is 5.84. The third-order valence-electron chi connectivity index (χ3n) is 5.34. The Hall–Kier alpha value is -5.22. The van der Waals surface area contributed by atoms with Crippen LogP contribution in [0.5, 0.6) is 23.0 Å². The van der Waals surface area contributed by atoms with Gasteiger partial charge in [0.15, 0.2) is 29.0 Å². The van der Waals surface area contributed by atoms with E-state index in [2.05, 4.69) is 11.1 Å². The molecule has 2 rings (SSSR count). The van der Waals surface area contributed by atoms with Crippen LogP contribution in [0, 0.1) is 0 Å². The molecule has 0 unspecified atom stereocenters. The fourth-order valence-electron chi connectivity index (χ4n) is 3.59. The summed E-state index contributed by atoms with van der Waals surface area (Å²) in [6.07, 6.45) is -0.601. The Morgan fingerprint density at radius 1 is 0.729 bits per heavy atom. The quantitative estimate of drug-likeness (QED) is 0.150. The minimum atomic E-state index is -1.05. The molecule has 17 heteroatoms. The second-order valence-electron chi connectivity index (χ2n) is 11.0. The predicted octanol–water partition coefficient (Wildman–Crippen LogP) is -1.76. The number of rotatable bonds is 11. The van der Waals surface area contributed by atoms with Gasteiger partial charge in [-0.15, -0.1) is 0 Å². The molecule has 16 nitrogen and oxygen atoms in total. The molecule has 2 atom stereocenters. The zero-order valence-corrected chi connectivity index (χ0v) is 28.3. The monoisotopic (exact) mass is 697 g/mol. The van der Waals surface area contributed by atoms with Crippen molar-refractivity contribution in [2.45, 2.75) is 79.0 Å². The van der Waals surface area contributed by atoms with Gasteiger partial charge in [0, 0.05) is 40.5 Å². The van der Waals surface area contributed by atoms with Gasteiger partial charge in [0.2, 0.25) is 5.91 Å². The van der Waals surface area contributed by atoms with Gasteiger partial charge in [0.05, 0.1) is 0 Å². The van der Waals surface area contributed by atoms with Crippen molar-refractivity contribution in [3.8, 4) is 23.0 Å². The Morgan fingerprint density at radius 2 is 1.10 bits per heavy atom.